The standard InChI is InChI=1S/C10H20.C2H6/c1-7(2)9-5-6-10(9)8(3)4;1-2/h7-10H,5-6H2,1-4H3;1-2H3/t9-,10-;/m0./s1. The largest absolute Gasteiger partial charge is 0.0683 e. The van der Waals surface area contributed by atoms with Gasteiger partial charge in [0.05, 0.1) is 0 Å². The quantitative estimate of drug-likeness (QED) is 0.578. The first-order chi connectivity index (χ1) is 5.63. The van der Waals surface area contributed by atoms with Crippen molar-refractivity contribution in [2.45, 2.75) is 54.4 Å². The van der Waals surface area contributed by atoms with E-state index in [1.807, 2.05) is 13.8 Å². The topological polar surface area (TPSA) is 0 Å². The van der Waals surface area contributed by atoms with Gasteiger partial charge in [-0.3, -0.25) is 0 Å². The third-order valence-electron chi connectivity index (χ3n) is 3.10. The van der Waals surface area contributed by atoms with Crippen LogP contribution in [0.2, 0.25) is 0 Å². The molecule has 0 heterocycles. The van der Waals surface area contributed by atoms with Gasteiger partial charge in [0, 0.05) is 0 Å². The molecular weight excluding hydrogens is 144 g/mol. The van der Waals surface area contributed by atoms with Crippen LogP contribution < -0.4 is 0 Å². The lowest BCUT2D eigenvalue weighted by molar-refractivity contribution is 0.0793. The predicted octanol–water partition coefficient (Wildman–Crippen LogP) is 4.35. The molecule has 0 saturated heterocycles. The molecule has 0 unspecified atom stereocenters. The third-order valence-corrected chi connectivity index (χ3v) is 3.10. The van der Waals surface area contributed by atoms with Crippen LogP contribution in [-0.2, 0) is 0 Å². The van der Waals surface area contributed by atoms with Gasteiger partial charge in [-0.25, -0.2) is 0 Å². The number of hydrogen-bond acceptors (Lipinski definition) is 0. The Morgan fingerprint density at radius 2 is 1.00 bits per heavy atom. The van der Waals surface area contributed by atoms with E-state index in [4.69, 9.17) is 0 Å². The smallest absolute Gasteiger partial charge is 0.0360 e. The normalized spacial score (nSPS) is 28.0. The number of rotatable bonds is 2. The maximum Gasteiger partial charge on any atom is -0.0360 e. The minimum Gasteiger partial charge on any atom is -0.0683 e. The average Bonchev–Trinajstić information content (AvgIpc) is 1.86. The fourth-order valence-electron chi connectivity index (χ4n) is 2.21. The van der Waals surface area contributed by atoms with E-state index in [9.17, 15) is 0 Å². The van der Waals surface area contributed by atoms with Crippen molar-refractivity contribution in [3.63, 3.8) is 0 Å². The summed E-state index contributed by atoms with van der Waals surface area (Å²) in [5, 5.41) is 0. The third kappa shape index (κ3) is 2.80. The molecule has 0 radical (unpaired) electrons. The molecule has 0 amide bonds. The van der Waals surface area contributed by atoms with Crippen LogP contribution in [0.3, 0.4) is 0 Å². The molecule has 0 aromatic carbocycles. The van der Waals surface area contributed by atoms with Gasteiger partial charge in [-0.2, -0.15) is 0 Å². The van der Waals surface area contributed by atoms with Gasteiger partial charge < -0.3 is 0 Å². The molecule has 74 valence electrons. The molecule has 12 heavy (non-hydrogen) atoms. The van der Waals surface area contributed by atoms with Gasteiger partial charge in [0.25, 0.3) is 0 Å². The Morgan fingerprint density at radius 1 is 0.750 bits per heavy atom. The lowest BCUT2D eigenvalue weighted by Crippen LogP contribution is -2.33. The van der Waals surface area contributed by atoms with Crippen LogP contribution in [0.25, 0.3) is 0 Å². The van der Waals surface area contributed by atoms with E-state index >= 15 is 0 Å². The summed E-state index contributed by atoms with van der Waals surface area (Å²) < 4.78 is 0. The lowest BCUT2D eigenvalue weighted by atomic mass is 9.64. The second-order valence-electron chi connectivity index (χ2n) is 4.39. The highest BCUT2D eigenvalue weighted by molar-refractivity contribution is 4.84. The van der Waals surface area contributed by atoms with Gasteiger partial charge in [-0.15, -0.1) is 0 Å². The maximum atomic E-state index is 2.36. The van der Waals surface area contributed by atoms with Gasteiger partial charge in [0.2, 0.25) is 0 Å². The Bertz CT molecular complexity index is 88.6. The zero-order chi connectivity index (χ0) is 9.72. The first kappa shape index (κ1) is 12.0. The van der Waals surface area contributed by atoms with Crippen molar-refractivity contribution >= 4 is 0 Å². The Kier molecular flexibility index (Phi) is 5.61. The molecule has 1 rings (SSSR count). The minimum atomic E-state index is 0.918. The maximum absolute atomic E-state index is 2.36. The first-order valence-corrected chi connectivity index (χ1v) is 5.63. The fourth-order valence-corrected chi connectivity index (χ4v) is 2.21. The molecule has 1 aliphatic carbocycles. The van der Waals surface area contributed by atoms with Crippen LogP contribution in [-0.4, -0.2) is 0 Å². The summed E-state index contributed by atoms with van der Waals surface area (Å²) in [7, 11) is 0. The van der Waals surface area contributed by atoms with E-state index in [2.05, 4.69) is 27.7 Å². The molecule has 0 N–H and O–H groups in total. The zero-order valence-corrected chi connectivity index (χ0v) is 9.72. The van der Waals surface area contributed by atoms with Crippen molar-refractivity contribution in [1.29, 1.82) is 0 Å². The van der Waals surface area contributed by atoms with Gasteiger partial charge >= 0.3 is 0 Å². The Labute approximate surface area is 78.8 Å². The molecule has 0 bridgehead atoms. The molecule has 1 saturated carbocycles. The van der Waals surface area contributed by atoms with Crippen LogP contribution in [0, 0.1) is 23.7 Å². The van der Waals surface area contributed by atoms with Gasteiger partial charge in [-0.05, 0) is 36.5 Å². The van der Waals surface area contributed by atoms with Gasteiger partial charge in [0.1, 0.15) is 0 Å². The molecule has 0 spiro atoms. The summed E-state index contributed by atoms with van der Waals surface area (Å²) in [5.74, 6) is 3.92. The Hall–Kier alpha value is 0. The fraction of sp³-hybridized carbons (Fsp3) is 1.00. The minimum absolute atomic E-state index is 0.918. The van der Waals surface area contributed by atoms with E-state index in [0.717, 1.165) is 23.7 Å². The predicted molar refractivity (Wildman–Crippen MR) is 57.2 cm³/mol. The summed E-state index contributed by atoms with van der Waals surface area (Å²) in [6, 6.07) is 0. The molecule has 1 aliphatic rings. The molecule has 0 heteroatoms. The second kappa shape index (κ2) is 5.61. The summed E-state index contributed by atoms with van der Waals surface area (Å²) in [6.07, 6.45) is 2.97. The van der Waals surface area contributed by atoms with Crippen molar-refractivity contribution in [3.05, 3.63) is 0 Å². The van der Waals surface area contributed by atoms with Crippen LogP contribution in [0.15, 0.2) is 0 Å². The van der Waals surface area contributed by atoms with E-state index in [1.54, 1.807) is 0 Å². The summed E-state index contributed by atoms with van der Waals surface area (Å²) >= 11 is 0. The van der Waals surface area contributed by atoms with Crippen LogP contribution in [0.4, 0.5) is 0 Å². The molecule has 2 atom stereocenters. The van der Waals surface area contributed by atoms with Crippen molar-refractivity contribution < 1.29 is 0 Å². The van der Waals surface area contributed by atoms with E-state index in [0.29, 0.717) is 0 Å². The van der Waals surface area contributed by atoms with E-state index in [1.165, 1.54) is 12.8 Å². The molecule has 1 fully saturated rings. The van der Waals surface area contributed by atoms with Crippen molar-refractivity contribution in [2.24, 2.45) is 23.7 Å². The van der Waals surface area contributed by atoms with Crippen LogP contribution >= 0.6 is 0 Å². The summed E-state index contributed by atoms with van der Waals surface area (Å²) in [6.45, 7) is 13.4. The zero-order valence-electron chi connectivity index (χ0n) is 9.72. The monoisotopic (exact) mass is 170 g/mol. The van der Waals surface area contributed by atoms with Crippen molar-refractivity contribution in [1.82, 2.24) is 0 Å². The highest BCUT2D eigenvalue weighted by Gasteiger charge is 2.34. The number of hydrogen-bond donors (Lipinski definition) is 0. The second-order valence-corrected chi connectivity index (χ2v) is 4.39. The summed E-state index contributed by atoms with van der Waals surface area (Å²) in [4.78, 5) is 0. The van der Waals surface area contributed by atoms with Gasteiger partial charge in [0.15, 0.2) is 0 Å². The van der Waals surface area contributed by atoms with Crippen molar-refractivity contribution in [3.8, 4) is 0 Å². The van der Waals surface area contributed by atoms with Crippen molar-refractivity contribution in [2.75, 3.05) is 0 Å². The SMILES string of the molecule is CC.CC(C)[C@@H]1CC[C@H]1C(C)C. The molecule has 0 aromatic heterocycles. The first-order valence-electron chi connectivity index (χ1n) is 5.63. The van der Waals surface area contributed by atoms with Crippen LogP contribution in [0.5, 0.6) is 0 Å². The van der Waals surface area contributed by atoms with E-state index in [-0.39, 0.29) is 0 Å². The van der Waals surface area contributed by atoms with Crippen LogP contribution in [0.1, 0.15) is 54.4 Å². The average molecular weight is 170 g/mol. The molecule has 0 nitrogen and oxygen atoms in total. The highest BCUT2D eigenvalue weighted by Crippen LogP contribution is 2.43. The van der Waals surface area contributed by atoms with E-state index < -0.39 is 0 Å². The molecular formula is C12H26. The molecule has 0 aromatic rings. The van der Waals surface area contributed by atoms with Gasteiger partial charge in [-0.1, -0.05) is 41.5 Å². The lowest BCUT2D eigenvalue weighted by Gasteiger charge is -2.42. The summed E-state index contributed by atoms with van der Waals surface area (Å²) in [5.41, 5.74) is 0. The Morgan fingerprint density at radius 3 is 1.08 bits per heavy atom. The Balaban J connectivity index is 0.000000561. The highest BCUT2D eigenvalue weighted by atomic mass is 14.4. The molecule has 0 aliphatic heterocycles.